The van der Waals surface area contributed by atoms with E-state index >= 15 is 0 Å². The molecular formula is C16H19NO4. The lowest BCUT2D eigenvalue weighted by atomic mass is 9.93. The standard InChI is InChI=1S/C16H19NO4/c1-3-10-16(4-2)15(19)17(14(18)12-20-16)21-11-13-8-6-5-7-9-13/h3,5-9H,1,4,10-12H2,2H3/t16-/m0/s1. The molecule has 1 aromatic carbocycles. The Balaban J connectivity index is 2.11. The number of benzene rings is 1. The van der Waals surface area contributed by atoms with Crippen LogP contribution in [-0.2, 0) is 25.8 Å². The monoisotopic (exact) mass is 289 g/mol. The SMILES string of the molecule is C=CC[C@]1(CC)OCC(=O)N(OCc2ccccc2)C1=O. The van der Waals surface area contributed by atoms with Crippen molar-refractivity contribution < 1.29 is 19.2 Å². The zero-order valence-corrected chi connectivity index (χ0v) is 12.1. The molecule has 1 saturated heterocycles. The van der Waals surface area contributed by atoms with E-state index in [0.717, 1.165) is 10.6 Å². The molecule has 0 aliphatic carbocycles. The Hall–Kier alpha value is -1.98. The quantitative estimate of drug-likeness (QED) is 0.595. The van der Waals surface area contributed by atoms with Gasteiger partial charge in [-0.2, -0.15) is 0 Å². The summed E-state index contributed by atoms with van der Waals surface area (Å²) >= 11 is 0. The summed E-state index contributed by atoms with van der Waals surface area (Å²) in [5.41, 5.74) is -0.165. The van der Waals surface area contributed by atoms with Gasteiger partial charge in [0.1, 0.15) is 13.2 Å². The summed E-state index contributed by atoms with van der Waals surface area (Å²) in [6.45, 7) is 5.48. The van der Waals surface area contributed by atoms with Crippen molar-refractivity contribution in [3.05, 3.63) is 48.6 Å². The van der Waals surface area contributed by atoms with Gasteiger partial charge in [0.15, 0.2) is 5.60 Å². The molecule has 1 aliphatic rings. The van der Waals surface area contributed by atoms with Gasteiger partial charge in [-0.1, -0.05) is 43.3 Å². The molecule has 1 heterocycles. The van der Waals surface area contributed by atoms with Gasteiger partial charge in [0.05, 0.1) is 0 Å². The molecule has 5 nitrogen and oxygen atoms in total. The highest BCUT2D eigenvalue weighted by molar-refractivity contribution is 6.00. The summed E-state index contributed by atoms with van der Waals surface area (Å²) in [5, 5.41) is 0.837. The molecule has 2 rings (SSSR count). The van der Waals surface area contributed by atoms with Crippen molar-refractivity contribution in [2.45, 2.75) is 32.0 Å². The Morgan fingerprint density at radius 1 is 1.38 bits per heavy atom. The number of morpholine rings is 1. The van der Waals surface area contributed by atoms with Gasteiger partial charge < -0.3 is 4.74 Å². The van der Waals surface area contributed by atoms with Gasteiger partial charge >= 0.3 is 0 Å². The first kappa shape index (κ1) is 15.4. The molecule has 0 bridgehead atoms. The van der Waals surface area contributed by atoms with Crippen LogP contribution in [0.2, 0.25) is 0 Å². The van der Waals surface area contributed by atoms with Crippen LogP contribution in [0.1, 0.15) is 25.3 Å². The second kappa shape index (κ2) is 6.65. The number of imide groups is 1. The zero-order valence-electron chi connectivity index (χ0n) is 12.1. The van der Waals surface area contributed by atoms with E-state index in [1.165, 1.54) is 0 Å². The third kappa shape index (κ3) is 3.20. The van der Waals surface area contributed by atoms with Gasteiger partial charge in [0.2, 0.25) is 0 Å². The predicted molar refractivity (Wildman–Crippen MR) is 76.9 cm³/mol. The van der Waals surface area contributed by atoms with Crippen LogP contribution < -0.4 is 0 Å². The Morgan fingerprint density at radius 3 is 2.71 bits per heavy atom. The first-order chi connectivity index (χ1) is 10.1. The smallest absolute Gasteiger partial charge is 0.286 e. The fourth-order valence-electron chi connectivity index (χ4n) is 2.24. The molecule has 1 fully saturated rings. The lowest BCUT2D eigenvalue weighted by Gasteiger charge is -2.38. The molecule has 0 spiro atoms. The van der Waals surface area contributed by atoms with Crippen LogP contribution in [-0.4, -0.2) is 29.1 Å². The van der Waals surface area contributed by atoms with E-state index in [1.54, 1.807) is 6.08 Å². The average Bonchev–Trinajstić information content (AvgIpc) is 2.51. The second-order valence-corrected chi connectivity index (χ2v) is 4.88. The molecule has 0 unspecified atom stereocenters. The maximum Gasteiger partial charge on any atom is 0.286 e. The highest BCUT2D eigenvalue weighted by atomic mass is 16.7. The lowest BCUT2D eigenvalue weighted by Crippen LogP contribution is -2.58. The average molecular weight is 289 g/mol. The number of hydrogen-bond donors (Lipinski definition) is 0. The minimum absolute atomic E-state index is 0.159. The third-order valence-corrected chi connectivity index (χ3v) is 3.52. The van der Waals surface area contributed by atoms with E-state index in [2.05, 4.69) is 6.58 Å². The number of amides is 2. The maximum absolute atomic E-state index is 12.5. The molecule has 2 amide bonds. The first-order valence-electron chi connectivity index (χ1n) is 6.92. The summed E-state index contributed by atoms with van der Waals surface area (Å²) in [5.74, 6) is -0.943. The number of ether oxygens (including phenoxy) is 1. The van der Waals surface area contributed by atoms with Crippen molar-refractivity contribution in [3.8, 4) is 0 Å². The van der Waals surface area contributed by atoms with E-state index in [1.807, 2.05) is 37.3 Å². The van der Waals surface area contributed by atoms with Crippen molar-refractivity contribution in [2.75, 3.05) is 6.61 Å². The van der Waals surface area contributed by atoms with Gasteiger partial charge in [-0.3, -0.25) is 14.4 Å². The largest absolute Gasteiger partial charge is 0.355 e. The number of rotatable bonds is 6. The molecule has 112 valence electrons. The van der Waals surface area contributed by atoms with Crippen molar-refractivity contribution in [2.24, 2.45) is 0 Å². The fourth-order valence-corrected chi connectivity index (χ4v) is 2.24. The van der Waals surface area contributed by atoms with E-state index < -0.39 is 17.4 Å². The number of hydroxylamine groups is 2. The maximum atomic E-state index is 12.5. The minimum Gasteiger partial charge on any atom is -0.355 e. The molecule has 1 aliphatic heterocycles. The third-order valence-electron chi connectivity index (χ3n) is 3.52. The van der Waals surface area contributed by atoms with Gasteiger partial charge in [-0.25, -0.2) is 0 Å². The van der Waals surface area contributed by atoms with Crippen molar-refractivity contribution >= 4 is 11.8 Å². The molecule has 21 heavy (non-hydrogen) atoms. The fraction of sp³-hybridized carbons (Fsp3) is 0.375. The molecule has 0 aromatic heterocycles. The van der Waals surface area contributed by atoms with Crippen molar-refractivity contribution in [1.29, 1.82) is 0 Å². The van der Waals surface area contributed by atoms with E-state index in [0.29, 0.717) is 12.8 Å². The summed E-state index contributed by atoms with van der Waals surface area (Å²) < 4.78 is 5.47. The molecule has 1 aromatic rings. The zero-order chi connectivity index (χ0) is 15.3. The number of nitrogens with zero attached hydrogens (tertiary/aromatic N) is 1. The van der Waals surface area contributed by atoms with Gasteiger partial charge in [0.25, 0.3) is 11.8 Å². The van der Waals surface area contributed by atoms with E-state index in [9.17, 15) is 9.59 Å². The molecular weight excluding hydrogens is 270 g/mol. The van der Waals surface area contributed by atoms with Gasteiger partial charge in [-0.05, 0) is 12.0 Å². The molecule has 0 N–H and O–H groups in total. The summed E-state index contributed by atoms with van der Waals surface area (Å²) in [6.07, 6.45) is 2.42. The van der Waals surface area contributed by atoms with Crippen LogP contribution in [0.25, 0.3) is 0 Å². The van der Waals surface area contributed by atoms with Crippen LogP contribution in [0.5, 0.6) is 0 Å². The van der Waals surface area contributed by atoms with Crippen LogP contribution in [0.15, 0.2) is 43.0 Å². The Labute approximate surface area is 124 Å². The Morgan fingerprint density at radius 2 is 2.10 bits per heavy atom. The first-order valence-corrected chi connectivity index (χ1v) is 6.92. The van der Waals surface area contributed by atoms with Crippen molar-refractivity contribution in [1.82, 2.24) is 5.06 Å². The van der Waals surface area contributed by atoms with Crippen LogP contribution >= 0.6 is 0 Å². The summed E-state index contributed by atoms with van der Waals surface area (Å²) in [7, 11) is 0. The molecule has 1 atom stereocenters. The number of hydrogen-bond acceptors (Lipinski definition) is 4. The highest BCUT2D eigenvalue weighted by Crippen LogP contribution is 2.28. The minimum atomic E-state index is -1.05. The summed E-state index contributed by atoms with van der Waals surface area (Å²) in [4.78, 5) is 29.8. The van der Waals surface area contributed by atoms with E-state index in [4.69, 9.17) is 9.57 Å². The van der Waals surface area contributed by atoms with Crippen LogP contribution in [0.3, 0.4) is 0 Å². The molecule has 0 saturated carbocycles. The number of carbonyl (C=O) groups excluding carboxylic acids is 2. The topological polar surface area (TPSA) is 55.8 Å². The summed E-state index contributed by atoms with van der Waals surface area (Å²) in [6, 6.07) is 9.37. The van der Waals surface area contributed by atoms with Gasteiger partial charge in [-0.15, -0.1) is 11.6 Å². The molecule has 0 radical (unpaired) electrons. The van der Waals surface area contributed by atoms with Crippen molar-refractivity contribution in [3.63, 3.8) is 0 Å². The van der Waals surface area contributed by atoms with E-state index in [-0.39, 0.29) is 13.2 Å². The second-order valence-electron chi connectivity index (χ2n) is 4.88. The molecule has 5 heteroatoms. The highest BCUT2D eigenvalue weighted by Gasteiger charge is 2.47. The van der Waals surface area contributed by atoms with Gasteiger partial charge in [0, 0.05) is 6.42 Å². The van der Waals surface area contributed by atoms with Crippen LogP contribution in [0.4, 0.5) is 0 Å². The Bertz CT molecular complexity index is 528. The number of carbonyl (C=O) groups is 2. The van der Waals surface area contributed by atoms with Crippen LogP contribution in [0, 0.1) is 0 Å². The normalized spacial score (nSPS) is 22.4. The Kier molecular flexibility index (Phi) is 4.88. The predicted octanol–water partition coefficient (Wildman–Crippen LogP) is 2.23. The lowest BCUT2D eigenvalue weighted by molar-refractivity contribution is -0.233.